The van der Waals surface area contributed by atoms with Crippen LogP contribution in [0.3, 0.4) is 0 Å². The summed E-state index contributed by atoms with van der Waals surface area (Å²) in [6, 6.07) is 0.829. The first-order valence-corrected chi connectivity index (χ1v) is 7.06. The van der Waals surface area contributed by atoms with Crippen LogP contribution in [0.15, 0.2) is 0 Å². The Morgan fingerprint density at radius 2 is 2.12 bits per heavy atom. The van der Waals surface area contributed by atoms with Crippen molar-refractivity contribution in [1.82, 2.24) is 4.90 Å². The molecule has 0 aromatic heterocycles. The summed E-state index contributed by atoms with van der Waals surface area (Å²) < 4.78 is 0. The normalized spacial score (nSPS) is 21.9. The molecule has 1 aliphatic rings. The highest BCUT2D eigenvalue weighted by Crippen LogP contribution is 2.24. The SMILES string of the molecule is CCC1CCCN1CCCCC(C)(C)C(=N)N. The maximum Gasteiger partial charge on any atom is 0.0963 e. The van der Waals surface area contributed by atoms with Crippen molar-refractivity contribution in [3.63, 3.8) is 0 Å². The molecule has 0 amide bonds. The van der Waals surface area contributed by atoms with Crippen LogP contribution in [0.1, 0.15) is 59.3 Å². The molecule has 0 spiro atoms. The van der Waals surface area contributed by atoms with Crippen molar-refractivity contribution in [2.24, 2.45) is 11.1 Å². The average Bonchev–Trinajstić information content (AvgIpc) is 2.71. The molecule has 0 saturated carbocycles. The number of likely N-dealkylation sites (tertiary alicyclic amines) is 1. The molecule has 0 aromatic rings. The fourth-order valence-electron chi connectivity index (χ4n) is 2.67. The van der Waals surface area contributed by atoms with Crippen LogP contribution < -0.4 is 5.73 Å². The lowest BCUT2D eigenvalue weighted by atomic mass is 9.86. The fourth-order valence-corrected chi connectivity index (χ4v) is 2.67. The van der Waals surface area contributed by atoms with E-state index in [0.717, 1.165) is 12.5 Å². The third-order valence-corrected chi connectivity index (χ3v) is 4.20. The number of unbranched alkanes of at least 4 members (excludes halogenated alkanes) is 1. The molecule has 1 heterocycles. The minimum atomic E-state index is -0.116. The summed E-state index contributed by atoms with van der Waals surface area (Å²) in [4.78, 5) is 2.64. The van der Waals surface area contributed by atoms with E-state index >= 15 is 0 Å². The van der Waals surface area contributed by atoms with Gasteiger partial charge in [0.25, 0.3) is 0 Å². The maximum absolute atomic E-state index is 7.53. The second-order valence-electron chi connectivity index (χ2n) is 5.99. The van der Waals surface area contributed by atoms with Crippen molar-refractivity contribution in [1.29, 1.82) is 5.41 Å². The van der Waals surface area contributed by atoms with E-state index in [-0.39, 0.29) is 5.41 Å². The predicted octanol–water partition coefficient (Wildman–Crippen LogP) is 2.99. The largest absolute Gasteiger partial charge is 0.387 e. The van der Waals surface area contributed by atoms with Gasteiger partial charge in [0, 0.05) is 11.5 Å². The topological polar surface area (TPSA) is 53.1 Å². The zero-order valence-electron chi connectivity index (χ0n) is 11.8. The highest BCUT2D eigenvalue weighted by atomic mass is 15.2. The number of rotatable bonds is 7. The molecular weight excluding hydrogens is 210 g/mol. The van der Waals surface area contributed by atoms with Gasteiger partial charge in [0.15, 0.2) is 0 Å². The van der Waals surface area contributed by atoms with Crippen molar-refractivity contribution in [3.05, 3.63) is 0 Å². The third-order valence-electron chi connectivity index (χ3n) is 4.20. The van der Waals surface area contributed by atoms with Crippen LogP contribution in [0.4, 0.5) is 0 Å². The van der Waals surface area contributed by atoms with Gasteiger partial charge in [-0.25, -0.2) is 0 Å². The Hall–Kier alpha value is -0.570. The zero-order valence-corrected chi connectivity index (χ0v) is 11.8. The Morgan fingerprint density at radius 3 is 2.71 bits per heavy atom. The van der Waals surface area contributed by atoms with E-state index in [1.165, 1.54) is 45.2 Å². The monoisotopic (exact) mass is 239 g/mol. The van der Waals surface area contributed by atoms with Gasteiger partial charge in [0.2, 0.25) is 0 Å². The van der Waals surface area contributed by atoms with Gasteiger partial charge in [-0.05, 0) is 45.2 Å². The second-order valence-corrected chi connectivity index (χ2v) is 5.99. The fraction of sp³-hybridized carbons (Fsp3) is 0.929. The summed E-state index contributed by atoms with van der Waals surface area (Å²) in [6.45, 7) is 8.95. The number of hydrogen-bond acceptors (Lipinski definition) is 2. The van der Waals surface area contributed by atoms with Crippen LogP contribution in [0.2, 0.25) is 0 Å². The highest BCUT2D eigenvalue weighted by molar-refractivity contribution is 5.82. The molecule has 0 aliphatic carbocycles. The molecule has 1 aliphatic heterocycles. The second kappa shape index (κ2) is 6.39. The molecule has 1 unspecified atom stereocenters. The quantitative estimate of drug-likeness (QED) is 0.408. The summed E-state index contributed by atoms with van der Waals surface area (Å²) in [5, 5.41) is 7.53. The third kappa shape index (κ3) is 4.30. The molecule has 0 radical (unpaired) electrons. The maximum atomic E-state index is 7.53. The van der Waals surface area contributed by atoms with Crippen LogP contribution in [0.5, 0.6) is 0 Å². The lowest BCUT2D eigenvalue weighted by molar-refractivity contribution is 0.239. The smallest absolute Gasteiger partial charge is 0.0963 e. The molecule has 0 aromatic carbocycles. The summed E-state index contributed by atoms with van der Waals surface area (Å²) in [7, 11) is 0. The van der Waals surface area contributed by atoms with Gasteiger partial charge in [-0.1, -0.05) is 27.2 Å². The van der Waals surface area contributed by atoms with E-state index < -0.39 is 0 Å². The molecule has 3 nitrogen and oxygen atoms in total. The number of nitrogens with one attached hydrogen (secondary N) is 1. The van der Waals surface area contributed by atoms with Crippen molar-refractivity contribution in [3.8, 4) is 0 Å². The van der Waals surface area contributed by atoms with Gasteiger partial charge >= 0.3 is 0 Å². The summed E-state index contributed by atoms with van der Waals surface area (Å²) in [5.41, 5.74) is 5.48. The molecule has 1 rings (SSSR count). The van der Waals surface area contributed by atoms with Gasteiger partial charge < -0.3 is 10.6 Å². The van der Waals surface area contributed by atoms with Gasteiger partial charge in [-0.15, -0.1) is 0 Å². The van der Waals surface area contributed by atoms with E-state index in [1.807, 2.05) is 0 Å². The van der Waals surface area contributed by atoms with Gasteiger partial charge in [0.1, 0.15) is 0 Å². The molecule has 1 atom stereocenters. The standard InChI is InChI=1S/C14H29N3/c1-4-12-8-7-11-17(12)10-6-5-9-14(2,3)13(15)16/h12H,4-11H2,1-3H3,(H3,15,16). The van der Waals surface area contributed by atoms with E-state index in [9.17, 15) is 0 Å². The Balaban J connectivity index is 2.18. The molecule has 17 heavy (non-hydrogen) atoms. The van der Waals surface area contributed by atoms with Crippen molar-refractivity contribution >= 4 is 5.84 Å². The average molecular weight is 239 g/mol. The highest BCUT2D eigenvalue weighted by Gasteiger charge is 2.23. The lowest BCUT2D eigenvalue weighted by Crippen LogP contribution is -2.32. The van der Waals surface area contributed by atoms with E-state index in [0.29, 0.717) is 5.84 Å². The van der Waals surface area contributed by atoms with Gasteiger partial charge in [-0.3, -0.25) is 5.41 Å². The van der Waals surface area contributed by atoms with Crippen molar-refractivity contribution in [2.75, 3.05) is 13.1 Å². The van der Waals surface area contributed by atoms with Crippen LogP contribution in [-0.4, -0.2) is 29.9 Å². The number of hydrogen-bond donors (Lipinski definition) is 2. The Bertz CT molecular complexity index is 248. The predicted molar refractivity (Wildman–Crippen MR) is 74.4 cm³/mol. The first-order chi connectivity index (χ1) is 7.97. The molecule has 3 N–H and O–H groups in total. The molecule has 1 saturated heterocycles. The van der Waals surface area contributed by atoms with E-state index in [2.05, 4.69) is 25.7 Å². The lowest BCUT2D eigenvalue weighted by Gasteiger charge is -2.25. The van der Waals surface area contributed by atoms with Crippen LogP contribution >= 0.6 is 0 Å². The summed E-state index contributed by atoms with van der Waals surface area (Å²) >= 11 is 0. The minimum Gasteiger partial charge on any atom is -0.387 e. The number of nitrogens with zero attached hydrogens (tertiary/aromatic N) is 1. The first kappa shape index (κ1) is 14.5. The Labute approximate surface area is 106 Å². The van der Waals surface area contributed by atoms with Crippen LogP contribution in [-0.2, 0) is 0 Å². The molecule has 0 bridgehead atoms. The minimum absolute atomic E-state index is 0.116. The Kier molecular flexibility index (Phi) is 5.44. The molecular formula is C14H29N3. The van der Waals surface area contributed by atoms with E-state index in [4.69, 9.17) is 11.1 Å². The van der Waals surface area contributed by atoms with Crippen LogP contribution in [0, 0.1) is 10.8 Å². The van der Waals surface area contributed by atoms with Gasteiger partial charge in [-0.2, -0.15) is 0 Å². The Morgan fingerprint density at radius 1 is 1.41 bits per heavy atom. The summed E-state index contributed by atoms with van der Waals surface area (Å²) in [6.07, 6.45) is 7.51. The molecule has 1 fully saturated rings. The molecule has 100 valence electrons. The first-order valence-electron chi connectivity index (χ1n) is 7.06. The zero-order chi connectivity index (χ0) is 12.9. The van der Waals surface area contributed by atoms with Crippen molar-refractivity contribution in [2.45, 2.75) is 65.3 Å². The van der Waals surface area contributed by atoms with Crippen molar-refractivity contribution < 1.29 is 0 Å². The number of amidine groups is 1. The molecule has 3 heteroatoms. The van der Waals surface area contributed by atoms with E-state index in [1.54, 1.807) is 0 Å². The van der Waals surface area contributed by atoms with Crippen LogP contribution in [0.25, 0.3) is 0 Å². The summed E-state index contributed by atoms with van der Waals surface area (Å²) in [5.74, 6) is 0.324. The van der Waals surface area contributed by atoms with Gasteiger partial charge in [0.05, 0.1) is 5.84 Å². The number of nitrogens with two attached hydrogens (primary N) is 1.